The molecule has 2 aliphatic rings. The molecular formula is C16H24FN3O. The number of rotatable bonds is 4. The average Bonchev–Trinajstić information content (AvgIpc) is 2.92. The maximum Gasteiger partial charge on any atom is 0.141 e. The Morgan fingerprint density at radius 1 is 1.43 bits per heavy atom. The average molecular weight is 293 g/mol. The molecule has 1 N–H and O–H groups in total. The SMILES string of the molecule is CC1CN2CCCC2CN1CCC(O)c1ccc(F)cn1. The Morgan fingerprint density at radius 2 is 2.29 bits per heavy atom. The molecule has 0 saturated carbocycles. The Kier molecular flexibility index (Phi) is 4.52. The van der Waals surface area contributed by atoms with E-state index in [2.05, 4.69) is 21.7 Å². The quantitative estimate of drug-likeness (QED) is 0.919. The fourth-order valence-electron chi connectivity index (χ4n) is 3.58. The lowest BCUT2D eigenvalue weighted by Crippen LogP contribution is -2.55. The van der Waals surface area contributed by atoms with E-state index in [0.717, 1.165) is 19.6 Å². The number of piperazine rings is 1. The molecule has 21 heavy (non-hydrogen) atoms. The molecule has 0 spiro atoms. The first-order valence-electron chi connectivity index (χ1n) is 7.91. The van der Waals surface area contributed by atoms with Gasteiger partial charge in [0, 0.05) is 31.7 Å². The van der Waals surface area contributed by atoms with Crippen molar-refractivity contribution in [3.05, 3.63) is 29.8 Å². The smallest absolute Gasteiger partial charge is 0.141 e. The molecule has 1 aromatic rings. The summed E-state index contributed by atoms with van der Waals surface area (Å²) < 4.78 is 12.8. The van der Waals surface area contributed by atoms with Crippen molar-refractivity contribution < 1.29 is 9.50 Å². The minimum atomic E-state index is -0.612. The summed E-state index contributed by atoms with van der Waals surface area (Å²) in [5.74, 6) is -0.364. The van der Waals surface area contributed by atoms with Gasteiger partial charge in [0.05, 0.1) is 18.0 Å². The lowest BCUT2D eigenvalue weighted by molar-refractivity contribution is 0.0453. The molecule has 0 aromatic carbocycles. The third-order valence-electron chi connectivity index (χ3n) is 4.85. The second kappa shape index (κ2) is 6.38. The Morgan fingerprint density at radius 3 is 3.05 bits per heavy atom. The van der Waals surface area contributed by atoms with Crippen molar-refractivity contribution in [2.75, 3.05) is 26.2 Å². The fourth-order valence-corrected chi connectivity index (χ4v) is 3.58. The number of aromatic nitrogens is 1. The van der Waals surface area contributed by atoms with Crippen LogP contribution < -0.4 is 0 Å². The van der Waals surface area contributed by atoms with Crippen LogP contribution >= 0.6 is 0 Å². The molecule has 116 valence electrons. The standard InChI is InChI=1S/C16H24FN3O/c1-12-10-20-7-2-3-14(20)11-19(12)8-6-16(21)15-5-4-13(17)9-18-15/h4-5,9,12,14,16,21H,2-3,6-8,10-11H2,1H3. The minimum Gasteiger partial charge on any atom is -0.387 e. The lowest BCUT2D eigenvalue weighted by Gasteiger charge is -2.42. The van der Waals surface area contributed by atoms with Crippen LogP contribution in [0, 0.1) is 5.82 Å². The first-order chi connectivity index (χ1) is 10.1. The largest absolute Gasteiger partial charge is 0.387 e. The summed E-state index contributed by atoms with van der Waals surface area (Å²) in [7, 11) is 0. The van der Waals surface area contributed by atoms with Gasteiger partial charge in [-0.05, 0) is 44.9 Å². The number of fused-ring (bicyclic) bond motifs is 1. The molecule has 0 aliphatic carbocycles. The van der Waals surface area contributed by atoms with E-state index in [-0.39, 0.29) is 5.82 Å². The van der Waals surface area contributed by atoms with Crippen molar-refractivity contribution in [2.45, 2.75) is 44.4 Å². The molecule has 3 unspecified atom stereocenters. The number of nitrogens with zero attached hydrogens (tertiary/aromatic N) is 3. The van der Waals surface area contributed by atoms with Crippen LogP contribution in [0.4, 0.5) is 4.39 Å². The van der Waals surface area contributed by atoms with Crippen molar-refractivity contribution in [3.8, 4) is 0 Å². The number of hydrogen-bond donors (Lipinski definition) is 1. The maximum atomic E-state index is 12.8. The summed E-state index contributed by atoms with van der Waals surface area (Å²) in [6.45, 7) is 6.61. The van der Waals surface area contributed by atoms with Crippen LogP contribution in [0.2, 0.25) is 0 Å². The summed E-state index contributed by atoms with van der Waals surface area (Å²) in [6, 6.07) is 4.15. The van der Waals surface area contributed by atoms with Gasteiger partial charge < -0.3 is 5.11 Å². The molecule has 0 bridgehead atoms. The van der Waals surface area contributed by atoms with Gasteiger partial charge in [-0.2, -0.15) is 0 Å². The van der Waals surface area contributed by atoms with Crippen LogP contribution in [0.1, 0.15) is 38.0 Å². The van der Waals surface area contributed by atoms with Crippen molar-refractivity contribution in [1.29, 1.82) is 0 Å². The van der Waals surface area contributed by atoms with Crippen LogP contribution in [-0.2, 0) is 0 Å². The zero-order valence-electron chi connectivity index (χ0n) is 12.6. The first kappa shape index (κ1) is 14.9. The van der Waals surface area contributed by atoms with Gasteiger partial charge in [-0.1, -0.05) is 0 Å². The van der Waals surface area contributed by atoms with Gasteiger partial charge in [0.25, 0.3) is 0 Å². The highest BCUT2D eigenvalue weighted by molar-refractivity contribution is 5.08. The predicted molar refractivity (Wildman–Crippen MR) is 79.4 cm³/mol. The highest BCUT2D eigenvalue weighted by atomic mass is 19.1. The van der Waals surface area contributed by atoms with E-state index >= 15 is 0 Å². The van der Waals surface area contributed by atoms with E-state index in [1.54, 1.807) is 6.07 Å². The Labute approximate surface area is 125 Å². The summed E-state index contributed by atoms with van der Waals surface area (Å²) >= 11 is 0. The third kappa shape index (κ3) is 3.42. The summed E-state index contributed by atoms with van der Waals surface area (Å²) in [6.07, 6.45) is 3.81. The molecule has 1 aromatic heterocycles. The lowest BCUT2D eigenvalue weighted by atomic mass is 10.1. The second-order valence-corrected chi connectivity index (χ2v) is 6.34. The number of pyridine rings is 1. The molecule has 3 atom stereocenters. The predicted octanol–water partition coefficient (Wildman–Crippen LogP) is 1.81. The van der Waals surface area contributed by atoms with Gasteiger partial charge in [-0.15, -0.1) is 0 Å². The van der Waals surface area contributed by atoms with E-state index in [1.165, 1.54) is 31.6 Å². The molecule has 3 rings (SSSR count). The monoisotopic (exact) mass is 293 g/mol. The third-order valence-corrected chi connectivity index (χ3v) is 4.85. The van der Waals surface area contributed by atoms with E-state index in [1.807, 2.05) is 0 Å². The van der Waals surface area contributed by atoms with E-state index < -0.39 is 6.10 Å². The van der Waals surface area contributed by atoms with Gasteiger partial charge in [-0.25, -0.2) is 4.39 Å². The summed E-state index contributed by atoms with van der Waals surface area (Å²) in [5.41, 5.74) is 0.559. The molecule has 5 heteroatoms. The molecule has 2 aliphatic heterocycles. The highest BCUT2D eigenvalue weighted by Crippen LogP contribution is 2.25. The van der Waals surface area contributed by atoms with Crippen LogP contribution in [0.5, 0.6) is 0 Å². The van der Waals surface area contributed by atoms with Crippen LogP contribution in [0.25, 0.3) is 0 Å². The van der Waals surface area contributed by atoms with Gasteiger partial charge >= 0.3 is 0 Å². The Bertz CT molecular complexity index is 467. The topological polar surface area (TPSA) is 39.6 Å². The fraction of sp³-hybridized carbons (Fsp3) is 0.688. The first-order valence-corrected chi connectivity index (χ1v) is 7.91. The van der Waals surface area contributed by atoms with Gasteiger partial charge in [0.15, 0.2) is 0 Å². The maximum absolute atomic E-state index is 12.8. The van der Waals surface area contributed by atoms with E-state index in [0.29, 0.717) is 24.2 Å². The normalized spacial score (nSPS) is 28.5. The van der Waals surface area contributed by atoms with Crippen LogP contribution in [0.3, 0.4) is 0 Å². The van der Waals surface area contributed by atoms with Crippen LogP contribution in [-0.4, -0.2) is 58.2 Å². The van der Waals surface area contributed by atoms with Gasteiger partial charge in [0.1, 0.15) is 5.82 Å². The number of hydrogen-bond acceptors (Lipinski definition) is 4. The molecule has 0 radical (unpaired) electrons. The Hall–Kier alpha value is -1.04. The van der Waals surface area contributed by atoms with E-state index in [4.69, 9.17) is 0 Å². The second-order valence-electron chi connectivity index (χ2n) is 6.34. The molecular weight excluding hydrogens is 269 g/mol. The molecule has 4 nitrogen and oxygen atoms in total. The molecule has 2 saturated heterocycles. The van der Waals surface area contributed by atoms with Gasteiger partial charge in [0.2, 0.25) is 0 Å². The van der Waals surface area contributed by atoms with Crippen LogP contribution in [0.15, 0.2) is 18.3 Å². The summed E-state index contributed by atoms with van der Waals surface area (Å²) in [4.78, 5) is 9.03. The highest BCUT2D eigenvalue weighted by Gasteiger charge is 2.34. The van der Waals surface area contributed by atoms with E-state index in [9.17, 15) is 9.50 Å². The number of aliphatic hydroxyl groups excluding tert-OH is 1. The van der Waals surface area contributed by atoms with Crippen molar-refractivity contribution in [1.82, 2.24) is 14.8 Å². The minimum absolute atomic E-state index is 0.364. The zero-order valence-corrected chi connectivity index (χ0v) is 12.6. The van der Waals surface area contributed by atoms with Crippen molar-refractivity contribution in [2.24, 2.45) is 0 Å². The van der Waals surface area contributed by atoms with Crippen molar-refractivity contribution >= 4 is 0 Å². The molecule has 2 fully saturated rings. The molecule has 3 heterocycles. The Balaban J connectivity index is 1.53. The summed E-state index contributed by atoms with van der Waals surface area (Å²) in [5, 5.41) is 10.2. The molecule has 0 amide bonds. The van der Waals surface area contributed by atoms with Gasteiger partial charge in [-0.3, -0.25) is 14.8 Å². The zero-order chi connectivity index (χ0) is 14.8. The number of halogens is 1. The van der Waals surface area contributed by atoms with Crippen molar-refractivity contribution in [3.63, 3.8) is 0 Å². The number of aliphatic hydroxyl groups is 1.